The monoisotopic (exact) mass is 196 g/mol. The van der Waals surface area contributed by atoms with Crippen molar-refractivity contribution in [2.45, 2.75) is 6.92 Å². The standard InChI is InChI=1S/C5H5Ge.C3H6O/c1-2-4-6-5-3-1;1-3(2)4/h1-5H;4H,1H2,2H3/p-1. The molecule has 10 heavy (non-hydrogen) atoms. The van der Waals surface area contributed by atoms with Crippen molar-refractivity contribution in [3.05, 3.63) is 35.5 Å². The average Bonchev–Trinajstić information content (AvgIpc) is 1.90. The van der Waals surface area contributed by atoms with Gasteiger partial charge in [0.2, 0.25) is 0 Å². The van der Waals surface area contributed by atoms with Gasteiger partial charge in [-0.15, -0.1) is 12.3 Å². The molecule has 2 heteroatoms. The predicted molar refractivity (Wildman–Crippen MR) is 44.9 cm³/mol. The summed E-state index contributed by atoms with van der Waals surface area (Å²) in [5.41, 5.74) is 0. The van der Waals surface area contributed by atoms with Crippen LogP contribution in [0.4, 0.5) is 0 Å². The van der Waals surface area contributed by atoms with E-state index in [0.717, 1.165) is 0 Å². The van der Waals surface area contributed by atoms with Crippen LogP contribution in [0.3, 0.4) is 0 Å². The van der Waals surface area contributed by atoms with Crippen LogP contribution in [0.15, 0.2) is 35.5 Å². The van der Waals surface area contributed by atoms with Gasteiger partial charge in [0.15, 0.2) is 0 Å². The van der Waals surface area contributed by atoms with Gasteiger partial charge >= 0.3 is 43.0 Å². The Labute approximate surface area is 67.8 Å². The van der Waals surface area contributed by atoms with Gasteiger partial charge < -0.3 is 5.11 Å². The van der Waals surface area contributed by atoms with Crippen molar-refractivity contribution < 1.29 is 5.11 Å². The van der Waals surface area contributed by atoms with E-state index in [1.165, 1.54) is 6.92 Å². The molecule has 0 saturated heterocycles. The Kier molecular flexibility index (Phi) is 6.18. The van der Waals surface area contributed by atoms with Crippen LogP contribution in [-0.4, -0.2) is 19.8 Å². The van der Waals surface area contributed by atoms with E-state index in [2.05, 4.69) is 34.6 Å². The first-order valence-electron chi connectivity index (χ1n) is 2.97. The molecular formula is C8H10GeO-. The smallest absolute Gasteiger partial charge is 0.0549 e. The summed E-state index contributed by atoms with van der Waals surface area (Å²) in [7, 11) is 0. The summed E-state index contributed by atoms with van der Waals surface area (Å²) >= 11 is 0.215. The summed E-state index contributed by atoms with van der Waals surface area (Å²) in [5, 5.41) is 9.33. The molecular weight excluding hydrogens is 185 g/mol. The number of hydrogen-bond acceptors (Lipinski definition) is 1. The fraction of sp³-hybridized carbons (Fsp3) is 0.125. The van der Waals surface area contributed by atoms with Crippen LogP contribution in [0, 0.1) is 0 Å². The Balaban J connectivity index is 0.000000180. The summed E-state index contributed by atoms with van der Waals surface area (Å²) in [4.78, 5) is 4.50. The van der Waals surface area contributed by atoms with E-state index in [4.69, 9.17) is 0 Å². The molecule has 0 aromatic rings. The quantitative estimate of drug-likeness (QED) is 0.406. The zero-order valence-corrected chi connectivity index (χ0v) is 8.10. The SMILES string of the molecule is C1=C[CH]=[Ge][CH]=C1.C=C(C)[O-]. The molecule has 0 bridgehead atoms. The molecule has 0 unspecified atom stereocenters. The minimum atomic E-state index is -0.0833. The molecule has 1 heterocycles. The molecule has 53 valence electrons. The van der Waals surface area contributed by atoms with E-state index < -0.39 is 0 Å². The normalized spacial score (nSPS) is 12.1. The molecule has 1 radical (unpaired) electrons. The second-order valence-electron chi connectivity index (χ2n) is 1.78. The van der Waals surface area contributed by atoms with Crippen molar-refractivity contribution in [3.8, 4) is 0 Å². The van der Waals surface area contributed by atoms with Crippen LogP contribution in [-0.2, 0) is 0 Å². The Morgan fingerprint density at radius 1 is 1.40 bits per heavy atom. The molecule has 0 aliphatic carbocycles. The van der Waals surface area contributed by atoms with E-state index >= 15 is 0 Å². The third-order valence-corrected chi connectivity index (χ3v) is 2.22. The van der Waals surface area contributed by atoms with Crippen LogP contribution in [0.25, 0.3) is 0 Å². The minimum Gasteiger partial charge on any atom is -0.876 e. The van der Waals surface area contributed by atoms with Crippen LogP contribution in [0.5, 0.6) is 0 Å². The summed E-state index contributed by atoms with van der Waals surface area (Å²) in [6.45, 7) is 4.42. The fourth-order valence-electron chi connectivity index (χ4n) is 0.342. The van der Waals surface area contributed by atoms with Crippen LogP contribution >= 0.6 is 0 Å². The molecule has 0 fully saturated rings. The third kappa shape index (κ3) is 10.4. The second kappa shape index (κ2) is 6.55. The molecule has 0 amide bonds. The van der Waals surface area contributed by atoms with E-state index in [1.807, 2.05) is 0 Å². The molecule has 0 aromatic heterocycles. The van der Waals surface area contributed by atoms with Crippen molar-refractivity contribution in [2.24, 2.45) is 0 Å². The van der Waals surface area contributed by atoms with Crippen molar-refractivity contribution >= 4 is 19.8 Å². The third-order valence-electron chi connectivity index (χ3n) is 0.607. The van der Waals surface area contributed by atoms with Crippen molar-refractivity contribution in [1.82, 2.24) is 0 Å². The van der Waals surface area contributed by atoms with Crippen LogP contribution < -0.4 is 5.11 Å². The average molecular weight is 195 g/mol. The molecule has 0 atom stereocenters. The summed E-state index contributed by atoms with van der Waals surface area (Å²) in [6.07, 6.45) is 6.28. The molecule has 1 rings (SSSR count). The zero-order chi connectivity index (χ0) is 7.82. The van der Waals surface area contributed by atoms with Gasteiger partial charge in [-0.25, -0.2) is 0 Å². The minimum absolute atomic E-state index is 0.0833. The summed E-state index contributed by atoms with van der Waals surface area (Å²) in [6, 6.07) is 0. The maximum Gasteiger partial charge on any atom is -0.0549 e. The predicted octanol–water partition coefficient (Wildman–Crippen LogP) is 0.457. The van der Waals surface area contributed by atoms with Gasteiger partial charge in [0.25, 0.3) is 0 Å². The van der Waals surface area contributed by atoms with Crippen molar-refractivity contribution in [2.75, 3.05) is 0 Å². The maximum absolute atomic E-state index is 9.33. The molecule has 0 saturated carbocycles. The van der Waals surface area contributed by atoms with Gasteiger partial charge in [0.1, 0.15) is 0 Å². The van der Waals surface area contributed by atoms with Crippen molar-refractivity contribution in [1.29, 1.82) is 0 Å². The van der Waals surface area contributed by atoms with Gasteiger partial charge in [-0.2, -0.15) is 0 Å². The Morgan fingerprint density at radius 3 is 2.10 bits per heavy atom. The zero-order valence-electron chi connectivity index (χ0n) is 6.00. The Morgan fingerprint density at radius 2 is 2.00 bits per heavy atom. The molecule has 1 nitrogen and oxygen atoms in total. The number of rotatable bonds is 0. The fourth-order valence-corrected chi connectivity index (χ4v) is 1.51. The molecule has 0 aromatic carbocycles. The van der Waals surface area contributed by atoms with E-state index in [-0.39, 0.29) is 20.8 Å². The van der Waals surface area contributed by atoms with Gasteiger partial charge in [-0.05, 0) is 0 Å². The van der Waals surface area contributed by atoms with Crippen LogP contribution in [0.1, 0.15) is 6.92 Å². The molecule has 1 aliphatic heterocycles. The van der Waals surface area contributed by atoms with E-state index in [1.54, 1.807) is 0 Å². The molecule has 0 spiro atoms. The molecule has 1 aliphatic rings. The van der Waals surface area contributed by atoms with E-state index in [0.29, 0.717) is 0 Å². The molecule has 0 N–H and O–H groups in total. The maximum atomic E-state index is 9.33. The largest absolute Gasteiger partial charge is 0.876 e. The number of allylic oxidation sites excluding steroid dienone is 4. The number of hydrogen-bond donors (Lipinski definition) is 0. The van der Waals surface area contributed by atoms with Gasteiger partial charge in [-0.1, -0.05) is 6.92 Å². The van der Waals surface area contributed by atoms with E-state index in [9.17, 15) is 5.11 Å². The first kappa shape index (κ1) is 9.43. The first-order chi connectivity index (χ1) is 4.73. The van der Waals surface area contributed by atoms with Gasteiger partial charge in [0.05, 0.1) is 0 Å². The van der Waals surface area contributed by atoms with Gasteiger partial charge in [-0.3, -0.25) is 0 Å². The topological polar surface area (TPSA) is 23.1 Å². The Hall–Kier alpha value is -0.567. The van der Waals surface area contributed by atoms with Gasteiger partial charge in [0, 0.05) is 0 Å². The van der Waals surface area contributed by atoms with Crippen molar-refractivity contribution in [3.63, 3.8) is 0 Å². The second-order valence-corrected chi connectivity index (χ2v) is 3.88. The summed E-state index contributed by atoms with van der Waals surface area (Å²) < 4.78 is 0. The first-order valence-corrected chi connectivity index (χ1v) is 5.39. The summed E-state index contributed by atoms with van der Waals surface area (Å²) in [5.74, 6) is -0.0833. The van der Waals surface area contributed by atoms with Crippen LogP contribution in [0.2, 0.25) is 0 Å². The Bertz CT molecular complexity index is 138.